The molecule has 0 amide bonds. The zero-order chi connectivity index (χ0) is 19.3. The van der Waals surface area contributed by atoms with Crippen molar-refractivity contribution >= 4 is 67.2 Å². The maximum atomic E-state index is 12.5. The molecule has 0 aliphatic rings. The van der Waals surface area contributed by atoms with Crippen molar-refractivity contribution in [3.63, 3.8) is 0 Å². The van der Waals surface area contributed by atoms with Crippen LogP contribution >= 0.6 is 56.4 Å². The van der Waals surface area contributed by atoms with Crippen LogP contribution < -0.4 is 4.74 Å². The molecule has 2 aromatic carbocycles. The first kappa shape index (κ1) is 21.2. The van der Waals surface area contributed by atoms with Gasteiger partial charge in [0, 0.05) is 22.6 Å². The number of halogens is 3. The van der Waals surface area contributed by atoms with Crippen molar-refractivity contribution in [2.45, 2.75) is 15.6 Å². The molecule has 0 aliphatic carbocycles. The Morgan fingerprint density at radius 3 is 2.54 bits per heavy atom. The van der Waals surface area contributed by atoms with E-state index in [-0.39, 0.29) is 16.4 Å². The van der Waals surface area contributed by atoms with Crippen LogP contribution in [-0.4, -0.2) is 16.6 Å². The molecule has 2 aromatic rings. The summed E-state index contributed by atoms with van der Waals surface area (Å²) < 4.78 is 3.59. The lowest BCUT2D eigenvalue weighted by Gasteiger charge is -2.15. The van der Waals surface area contributed by atoms with E-state index >= 15 is 0 Å². The summed E-state index contributed by atoms with van der Waals surface area (Å²) >= 11 is 17.8. The maximum Gasteiger partial charge on any atom is 0.269 e. The summed E-state index contributed by atoms with van der Waals surface area (Å²) in [6.07, 6.45) is 0. The summed E-state index contributed by atoms with van der Waals surface area (Å²) in [7, 11) is 1.98. The smallest absolute Gasteiger partial charge is 0.269 e. The Bertz CT molecular complexity index is 827. The van der Waals surface area contributed by atoms with Crippen LogP contribution in [0.25, 0.3) is 0 Å². The van der Waals surface area contributed by atoms with Gasteiger partial charge in [0.15, 0.2) is 0 Å². The minimum Gasteiger partial charge on any atom is -0.493 e. The number of nitro benzene ring substituents is 1. The van der Waals surface area contributed by atoms with Crippen molar-refractivity contribution in [2.24, 2.45) is 0 Å². The minimum atomic E-state index is -1.86. The van der Waals surface area contributed by atoms with Crippen molar-refractivity contribution in [1.29, 1.82) is 0 Å². The van der Waals surface area contributed by atoms with Gasteiger partial charge in [-0.2, -0.15) is 0 Å². The standard InChI is InChI=1S/C16H12Cl3NO4S2/c1-2-24-13-6-4-3-5-11(13)15(21)26-25-14-8-7-10(20(22)23)9-12(14)16(17,18)19/h3-9H,2H2,1H3. The molecule has 0 aromatic heterocycles. The number of alkyl halides is 3. The number of rotatable bonds is 6. The Labute approximate surface area is 172 Å². The third-order valence-corrected chi connectivity index (χ3v) is 5.94. The molecule has 0 saturated carbocycles. The minimum absolute atomic E-state index is 0.139. The fourth-order valence-electron chi connectivity index (χ4n) is 1.97. The highest BCUT2D eigenvalue weighted by molar-refractivity contribution is 8.82. The molecule has 10 heteroatoms. The summed E-state index contributed by atoms with van der Waals surface area (Å²) in [5, 5.41) is 10.7. The van der Waals surface area contributed by atoms with Gasteiger partial charge in [-0.25, -0.2) is 0 Å². The van der Waals surface area contributed by atoms with Crippen LogP contribution in [0.1, 0.15) is 22.8 Å². The summed E-state index contributed by atoms with van der Waals surface area (Å²) in [5.41, 5.74) is 0.359. The number of nitro groups is 1. The Morgan fingerprint density at radius 1 is 1.23 bits per heavy atom. The van der Waals surface area contributed by atoms with Gasteiger partial charge in [0.1, 0.15) is 5.75 Å². The first-order valence-electron chi connectivity index (χ1n) is 7.20. The first-order chi connectivity index (χ1) is 12.2. The van der Waals surface area contributed by atoms with Crippen molar-refractivity contribution in [3.8, 4) is 5.75 Å². The second-order valence-corrected chi connectivity index (χ2v) is 9.24. The Kier molecular flexibility index (Phi) is 7.49. The van der Waals surface area contributed by atoms with Crippen molar-refractivity contribution < 1.29 is 14.5 Å². The van der Waals surface area contributed by atoms with E-state index in [0.717, 1.165) is 21.6 Å². The monoisotopic (exact) mass is 451 g/mol. The summed E-state index contributed by atoms with van der Waals surface area (Å²) in [6, 6.07) is 10.8. The van der Waals surface area contributed by atoms with E-state index in [9.17, 15) is 14.9 Å². The summed E-state index contributed by atoms with van der Waals surface area (Å²) in [4.78, 5) is 23.3. The van der Waals surface area contributed by atoms with Crippen LogP contribution in [0.5, 0.6) is 5.75 Å². The number of non-ortho nitro benzene ring substituents is 1. The zero-order valence-corrected chi connectivity index (χ0v) is 17.2. The SMILES string of the molecule is CCOc1ccccc1C(=O)SSc1ccc([N+](=O)[O-])cc1C(Cl)(Cl)Cl. The number of ether oxygens (including phenoxy) is 1. The number of nitrogens with zero attached hydrogens (tertiary/aromatic N) is 1. The molecule has 0 spiro atoms. The van der Waals surface area contributed by atoms with Gasteiger partial charge in [-0.1, -0.05) is 46.9 Å². The highest BCUT2D eigenvalue weighted by atomic mass is 35.6. The number of para-hydroxylation sites is 1. The third kappa shape index (κ3) is 5.44. The van der Waals surface area contributed by atoms with Gasteiger partial charge in [-0.3, -0.25) is 14.9 Å². The predicted molar refractivity (Wildman–Crippen MR) is 108 cm³/mol. The van der Waals surface area contributed by atoms with Gasteiger partial charge in [0.05, 0.1) is 17.1 Å². The average molecular weight is 453 g/mol. The van der Waals surface area contributed by atoms with Gasteiger partial charge in [-0.05, 0) is 46.7 Å². The molecule has 0 aliphatic heterocycles. The number of carbonyl (C=O) groups is 1. The normalized spacial score (nSPS) is 11.2. The molecular formula is C16H12Cl3NO4S2. The third-order valence-electron chi connectivity index (χ3n) is 3.09. The van der Waals surface area contributed by atoms with E-state index in [4.69, 9.17) is 39.5 Å². The van der Waals surface area contributed by atoms with E-state index < -0.39 is 8.72 Å². The molecule has 5 nitrogen and oxygen atoms in total. The first-order valence-corrected chi connectivity index (χ1v) is 10.5. The van der Waals surface area contributed by atoms with Crippen molar-refractivity contribution in [1.82, 2.24) is 0 Å². The lowest BCUT2D eigenvalue weighted by molar-refractivity contribution is -0.385. The second kappa shape index (κ2) is 9.19. The molecule has 0 atom stereocenters. The highest BCUT2D eigenvalue weighted by Crippen LogP contribution is 2.47. The van der Waals surface area contributed by atoms with Crippen LogP contribution in [0, 0.1) is 10.1 Å². The van der Waals surface area contributed by atoms with Gasteiger partial charge < -0.3 is 4.74 Å². The maximum absolute atomic E-state index is 12.5. The largest absolute Gasteiger partial charge is 0.493 e. The summed E-state index contributed by atoms with van der Waals surface area (Å²) in [5.74, 6) is 0.485. The fraction of sp³-hybridized carbons (Fsp3) is 0.188. The van der Waals surface area contributed by atoms with E-state index in [0.29, 0.717) is 22.8 Å². The molecule has 0 N–H and O–H groups in total. The van der Waals surface area contributed by atoms with Gasteiger partial charge in [0.2, 0.25) is 8.91 Å². The van der Waals surface area contributed by atoms with Crippen LogP contribution in [0.4, 0.5) is 5.69 Å². The quantitative estimate of drug-likeness (QED) is 0.218. The molecule has 0 saturated heterocycles. The van der Waals surface area contributed by atoms with E-state index in [1.165, 1.54) is 18.2 Å². The zero-order valence-electron chi connectivity index (χ0n) is 13.3. The topological polar surface area (TPSA) is 69.4 Å². The van der Waals surface area contributed by atoms with E-state index in [1.54, 1.807) is 24.3 Å². The Balaban J connectivity index is 2.24. The summed E-state index contributed by atoms with van der Waals surface area (Å²) in [6.45, 7) is 2.26. The van der Waals surface area contributed by atoms with Crippen molar-refractivity contribution in [3.05, 3.63) is 63.7 Å². The number of carbonyl (C=O) groups excluding carboxylic acids is 1. The lowest BCUT2D eigenvalue weighted by atomic mass is 10.2. The highest BCUT2D eigenvalue weighted by Gasteiger charge is 2.29. The van der Waals surface area contributed by atoms with Gasteiger partial charge >= 0.3 is 0 Å². The van der Waals surface area contributed by atoms with E-state index in [1.807, 2.05) is 6.92 Å². The van der Waals surface area contributed by atoms with Crippen molar-refractivity contribution in [2.75, 3.05) is 6.61 Å². The van der Waals surface area contributed by atoms with Gasteiger partial charge in [-0.15, -0.1) is 0 Å². The molecule has 0 fully saturated rings. The molecule has 0 radical (unpaired) electrons. The molecule has 0 heterocycles. The number of hydrogen-bond acceptors (Lipinski definition) is 6. The fourth-order valence-corrected chi connectivity index (χ4v) is 4.66. The molecule has 0 unspecified atom stereocenters. The van der Waals surface area contributed by atoms with Crippen LogP contribution in [-0.2, 0) is 3.79 Å². The Hall–Kier alpha value is -1.12. The number of hydrogen-bond donors (Lipinski definition) is 0. The average Bonchev–Trinajstić information content (AvgIpc) is 2.59. The molecule has 138 valence electrons. The second-order valence-electron chi connectivity index (χ2n) is 4.82. The molecule has 2 rings (SSSR count). The van der Waals surface area contributed by atoms with Crippen LogP contribution in [0.15, 0.2) is 47.4 Å². The van der Waals surface area contributed by atoms with Crippen LogP contribution in [0.2, 0.25) is 0 Å². The van der Waals surface area contributed by atoms with E-state index in [2.05, 4.69) is 0 Å². The molecule has 26 heavy (non-hydrogen) atoms. The number of benzene rings is 2. The predicted octanol–water partition coefficient (Wildman–Crippen LogP) is 6.40. The Morgan fingerprint density at radius 2 is 1.92 bits per heavy atom. The molecular weight excluding hydrogens is 441 g/mol. The molecule has 0 bridgehead atoms. The lowest BCUT2D eigenvalue weighted by Crippen LogP contribution is -2.04. The van der Waals surface area contributed by atoms with Crippen LogP contribution in [0.3, 0.4) is 0 Å². The van der Waals surface area contributed by atoms with Gasteiger partial charge in [0.25, 0.3) is 5.69 Å².